The monoisotopic (exact) mass is 165 g/mol. The molecule has 0 amide bonds. The van der Waals surface area contributed by atoms with E-state index in [4.69, 9.17) is 10.8 Å². The van der Waals surface area contributed by atoms with Gasteiger partial charge in [-0.25, -0.2) is 0 Å². The summed E-state index contributed by atoms with van der Waals surface area (Å²) in [7, 11) is 0. The Morgan fingerprint density at radius 2 is 1.75 bits per heavy atom. The zero-order valence-electron chi connectivity index (χ0n) is 7.54. The minimum absolute atomic E-state index is 0.00287. The van der Waals surface area contributed by atoms with E-state index in [1.54, 1.807) is 0 Å². The lowest BCUT2D eigenvalue weighted by Crippen LogP contribution is -2.14. The maximum absolute atomic E-state index is 8.84. The Kier molecular flexibility index (Phi) is 2.84. The third-order valence-electron chi connectivity index (χ3n) is 1.87. The van der Waals surface area contributed by atoms with Crippen molar-refractivity contribution in [1.29, 1.82) is 0 Å². The van der Waals surface area contributed by atoms with Crippen molar-refractivity contribution in [2.45, 2.75) is 19.9 Å². The Hall–Kier alpha value is -0.860. The van der Waals surface area contributed by atoms with Crippen LogP contribution < -0.4 is 5.73 Å². The minimum atomic E-state index is -0.247. The van der Waals surface area contributed by atoms with E-state index in [2.05, 4.69) is 6.07 Å². The van der Waals surface area contributed by atoms with Gasteiger partial charge in [-0.1, -0.05) is 29.3 Å². The summed E-state index contributed by atoms with van der Waals surface area (Å²) < 4.78 is 0. The lowest BCUT2D eigenvalue weighted by molar-refractivity contribution is 0.268. The SMILES string of the molecule is Cc1cc(C)cc([C@@H](N)CO)c1. The van der Waals surface area contributed by atoms with Gasteiger partial charge >= 0.3 is 0 Å². The van der Waals surface area contributed by atoms with Crippen LogP contribution in [-0.2, 0) is 0 Å². The summed E-state index contributed by atoms with van der Waals surface area (Å²) in [6, 6.07) is 5.86. The van der Waals surface area contributed by atoms with Gasteiger partial charge < -0.3 is 10.8 Å². The number of nitrogens with two attached hydrogens (primary N) is 1. The van der Waals surface area contributed by atoms with Crippen molar-refractivity contribution in [3.05, 3.63) is 34.9 Å². The normalized spacial score (nSPS) is 13.0. The molecule has 0 aliphatic rings. The maximum Gasteiger partial charge on any atom is 0.0624 e. The van der Waals surface area contributed by atoms with E-state index in [0.717, 1.165) is 5.56 Å². The quantitative estimate of drug-likeness (QED) is 0.693. The highest BCUT2D eigenvalue weighted by atomic mass is 16.3. The second kappa shape index (κ2) is 3.70. The fourth-order valence-corrected chi connectivity index (χ4v) is 1.33. The van der Waals surface area contributed by atoms with Crippen LogP contribution in [0.1, 0.15) is 22.7 Å². The Morgan fingerprint density at radius 1 is 1.25 bits per heavy atom. The van der Waals surface area contributed by atoms with Crippen molar-refractivity contribution in [1.82, 2.24) is 0 Å². The highest BCUT2D eigenvalue weighted by Crippen LogP contribution is 2.14. The summed E-state index contributed by atoms with van der Waals surface area (Å²) in [5.41, 5.74) is 9.07. The van der Waals surface area contributed by atoms with Crippen LogP contribution in [0.25, 0.3) is 0 Å². The molecule has 1 rings (SSSR count). The van der Waals surface area contributed by atoms with Crippen LogP contribution in [0.3, 0.4) is 0 Å². The Bertz CT molecular complexity index is 250. The van der Waals surface area contributed by atoms with E-state index in [-0.39, 0.29) is 12.6 Å². The van der Waals surface area contributed by atoms with E-state index >= 15 is 0 Å². The molecule has 1 aromatic carbocycles. The average Bonchev–Trinajstić information content (AvgIpc) is 2.01. The third-order valence-corrected chi connectivity index (χ3v) is 1.87. The highest BCUT2D eigenvalue weighted by molar-refractivity contribution is 5.30. The Balaban J connectivity index is 3.00. The molecule has 0 spiro atoms. The van der Waals surface area contributed by atoms with Crippen molar-refractivity contribution in [2.24, 2.45) is 5.73 Å². The molecule has 0 radical (unpaired) electrons. The smallest absolute Gasteiger partial charge is 0.0624 e. The molecular weight excluding hydrogens is 150 g/mol. The van der Waals surface area contributed by atoms with Gasteiger partial charge in [-0.15, -0.1) is 0 Å². The van der Waals surface area contributed by atoms with Crippen LogP contribution in [0.2, 0.25) is 0 Å². The predicted molar refractivity (Wildman–Crippen MR) is 49.9 cm³/mol. The number of aliphatic hydroxyl groups is 1. The van der Waals surface area contributed by atoms with Gasteiger partial charge in [0.05, 0.1) is 12.6 Å². The van der Waals surface area contributed by atoms with Gasteiger partial charge in [0.1, 0.15) is 0 Å². The van der Waals surface area contributed by atoms with Crippen molar-refractivity contribution >= 4 is 0 Å². The summed E-state index contributed by atoms with van der Waals surface area (Å²) in [4.78, 5) is 0. The molecule has 3 N–H and O–H groups in total. The van der Waals surface area contributed by atoms with Gasteiger partial charge in [0.2, 0.25) is 0 Å². The molecule has 0 aliphatic carbocycles. The lowest BCUT2D eigenvalue weighted by atomic mass is 10.0. The lowest BCUT2D eigenvalue weighted by Gasteiger charge is -2.10. The molecule has 1 aromatic rings. The first kappa shape index (κ1) is 9.23. The molecule has 12 heavy (non-hydrogen) atoms. The topological polar surface area (TPSA) is 46.2 Å². The molecule has 0 saturated heterocycles. The van der Waals surface area contributed by atoms with Crippen molar-refractivity contribution in [3.63, 3.8) is 0 Å². The standard InChI is InChI=1S/C10H15NO/c1-7-3-8(2)5-9(4-7)10(11)6-12/h3-5,10,12H,6,11H2,1-2H3/t10-/m0/s1. The Morgan fingerprint density at radius 3 is 2.17 bits per heavy atom. The molecule has 0 fully saturated rings. The van der Waals surface area contributed by atoms with E-state index in [0.29, 0.717) is 0 Å². The molecule has 2 nitrogen and oxygen atoms in total. The highest BCUT2D eigenvalue weighted by Gasteiger charge is 2.04. The van der Waals surface area contributed by atoms with Gasteiger partial charge in [0.15, 0.2) is 0 Å². The molecule has 0 bridgehead atoms. The zero-order valence-corrected chi connectivity index (χ0v) is 7.54. The van der Waals surface area contributed by atoms with Crippen molar-refractivity contribution < 1.29 is 5.11 Å². The summed E-state index contributed by atoms with van der Waals surface area (Å²) in [5, 5.41) is 8.84. The number of aryl methyl sites for hydroxylation is 2. The van der Waals surface area contributed by atoms with E-state index in [9.17, 15) is 0 Å². The maximum atomic E-state index is 8.84. The van der Waals surface area contributed by atoms with Crippen LogP contribution in [0.5, 0.6) is 0 Å². The fourth-order valence-electron chi connectivity index (χ4n) is 1.33. The molecule has 0 aromatic heterocycles. The number of hydrogen-bond donors (Lipinski definition) is 2. The van der Waals surface area contributed by atoms with Crippen LogP contribution >= 0.6 is 0 Å². The molecule has 1 atom stereocenters. The fraction of sp³-hybridized carbons (Fsp3) is 0.400. The van der Waals surface area contributed by atoms with Crippen LogP contribution in [0.4, 0.5) is 0 Å². The van der Waals surface area contributed by atoms with Crippen LogP contribution in [0, 0.1) is 13.8 Å². The molecule has 0 saturated carbocycles. The number of aliphatic hydroxyl groups excluding tert-OH is 1. The van der Waals surface area contributed by atoms with Crippen LogP contribution in [-0.4, -0.2) is 11.7 Å². The van der Waals surface area contributed by atoms with Gasteiger partial charge in [-0.05, 0) is 19.4 Å². The Labute approximate surface area is 73.0 Å². The molecular formula is C10H15NO. The zero-order chi connectivity index (χ0) is 9.14. The third kappa shape index (κ3) is 2.06. The van der Waals surface area contributed by atoms with E-state index < -0.39 is 0 Å². The van der Waals surface area contributed by atoms with Gasteiger partial charge in [-0.2, -0.15) is 0 Å². The molecule has 0 aliphatic heterocycles. The van der Waals surface area contributed by atoms with E-state index in [1.165, 1.54) is 11.1 Å². The molecule has 0 unspecified atom stereocenters. The van der Waals surface area contributed by atoms with E-state index in [1.807, 2.05) is 26.0 Å². The van der Waals surface area contributed by atoms with Crippen molar-refractivity contribution in [2.75, 3.05) is 6.61 Å². The summed E-state index contributed by atoms with van der Waals surface area (Å²) in [6.07, 6.45) is 0. The first-order valence-electron chi connectivity index (χ1n) is 4.08. The largest absolute Gasteiger partial charge is 0.394 e. The first-order chi connectivity index (χ1) is 5.63. The summed E-state index contributed by atoms with van der Waals surface area (Å²) >= 11 is 0. The van der Waals surface area contributed by atoms with Gasteiger partial charge in [0.25, 0.3) is 0 Å². The average molecular weight is 165 g/mol. The second-order valence-corrected chi connectivity index (χ2v) is 3.21. The number of benzene rings is 1. The van der Waals surface area contributed by atoms with Gasteiger partial charge in [-0.3, -0.25) is 0 Å². The molecule has 2 heteroatoms. The minimum Gasteiger partial charge on any atom is -0.394 e. The van der Waals surface area contributed by atoms with Crippen molar-refractivity contribution in [3.8, 4) is 0 Å². The predicted octanol–water partition coefficient (Wildman–Crippen LogP) is 1.30. The number of hydrogen-bond acceptors (Lipinski definition) is 2. The summed E-state index contributed by atoms with van der Waals surface area (Å²) in [5.74, 6) is 0. The van der Waals surface area contributed by atoms with Crippen LogP contribution in [0.15, 0.2) is 18.2 Å². The summed E-state index contributed by atoms with van der Waals surface area (Å²) in [6.45, 7) is 4.06. The molecule has 66 valence electrons. The second-order valence-electron chi connectivity index (χ2n) is 3.21. The molecule has 0 heterocycles. The first-order valence-corrected chi connectivity index (χ1v) is 4.08. The van der Waals surface area contributed by atoms with Gasteiger partial charge in [0, 0.05) is 0 Å². The number of rotatable bonds is 2.